The van der Waals surface area contributed by atoms with Gasteiger partial charge in [0.15, 0.2) is 5.82 Å². The molecule has 7 heteroatoms. The van der Waals surface area contributed by atoms with Crippen LogP contribution >= 0.6 is 0 Å². The molecule has 0 bridgehead atoms. The number of hydrogen-bond acceptors (Lipinski definition) is 5. The third-order valence-corrected chi connectivity index (χ3v) is 4.48. The number of benzene rings is 2. The first-order chi connectivity index (χ1) is 14.1. The van der Waals surface area contributed by atoms with Crippen LogP contribution in [0, 0.1) is 0 Å². The van der Waals surface area contributed by atoms with E-state index in [0.717, 1.165) is 15.4 Å². The molecular weight excluding hydrogens is 368 g/mol. The molecule has 0 saturated carbocycles. The summed E-state index contributed by atoms with van der Waals surface area (Å²) in [6.07, 6.45) is 4.47. The summed E-state index contributed by atoms with van der Waals surface area (Å²) in [5.74, 6) is -0.817. The molecule has 1 aromatic heterocycles. The van der Waals surface area contributed by atoms with Gasteiger partial charge in [-0.1, -0.05) is 48.5 Å². The molecule has 1 aliphatic heterocycles. The van der Waals surface area contributed by atoms with E-state index in [1.54, 1.807) is 30.3 Å². The van der Waals surface area contributed by atoms with Gasteiger partial charge in [0, 0.05) is 30.6 Å². The minimum Gasteiger partial charge on any atom is -0.268 e. The molecule has 1 fully saturated rings. The van der Waals surface area contributed by atoms with Gasteiger partial charge in [-0.3, -0.25) is 14.5 Å². The Bertz CT molecular complexity index is 1110. The number of urea groups is 1. The van der Waals surface area contributed by atoms with Crippen molar-refractivity contribution in [3.05, 3.63) is 84.2 Å². The molecule has 2 aromatic carbocycles. The second-order valence-electron chi connectivity index (χ2n) is 6.39. The lowest BCUT2D eigenvalue weighted by atomic mass is 10.1. The molecule has 0 atom stereocenters. The van der Waals surface area contributed by atoms with Gasteiger partial charge in [0.1, 0.15) is 5.57 Å². The largest absolute Gasteiger partial charge is 0.338 e. The average Bonchev–Trinajstić information content (AvgIpc) is 2.77. The van der Waals surface area contributed by atoms with Crippen LogP contribution in [0.2, 0.25) is 0 Å². The Morgan fingerprint density at radius 2 is 1.38 bits per heavy atom. The molecular formula is C22H16N4O3. The highest BCUT2D eigenvalue weighted by Crippen LogP contribution is 2.25. The van der Waals surface area contributed by atoms with Crippen LogP contribution in [0.1, 0.15) is 5.56 Å². The van der Waals surface area contributed by atoms with E-state index in [1.165, 1.54) is 25.5 Å². The lowest BCUT2D eigenvalue weighted by molar-refractivity contribution is -0.128. The number of carbonyl (C=O) groups is 3. The van der Waals surface area contributed by atoms with E-state index in [0.29, 0.717) is 17.1 Å². The number of amides is 4. The van der Waals surface area contributed by atoms with Crippen LogP contribution in [0.5, 0.6) is 0 Å². The molecule has 3 aromatic rings. The highest BCUT2D eigenvalue weighted by atomic mass is 16.2. The molecule has 29 heavy (non-hydrogen) atoms. The number of nitrogens with zero attached hydrogens (tertiary/aromatic N) is 4. The molecule has 0 spiro atoms. The Morgan fingerprint density at radius 3 is 2.00 bits per heavy atom. The number of hydrogen-bond donors (Lipinski definition) is 0. The Labute approximate surface area is 166 Å². The van der Waals surface area contributed by atoms with Crippen molar-refractivity contribution in [3.8, 4) is 11.4 Å². The number of aromatic nitrogens is 2. The minimum absolute atomic E-state index is 0.132. The minimum atomic E-state index is -0.695. The van der Waals surface area contributed by atoms with E-state index >= 15 is 0 Å². The van der Waals surface area contributed by atoms with Crippen molar-refractivity contribution in [2.45, 2.75) is 0 Å². The van der Waals surface area contributed by atoms with Gasteiger partial charge in [-0.05, 0) is 18.2 Å². The number of barbiturate groups is 1. The second kappa shape index (κ2) is 7.47. The van der Waals surface area contributed by atoms with Gasteiger partial charge in [0.2, 0.25) is 0 Å². The Balaban J connectivity index is 1.69. The van der Waals surface area contributed by atoms with Crippen molar-refractivity contribution in [3.63, 3.8) is 0 Å². The zero-order chi connectivity index (χ0) is 20.4. The van der Waals surface area contributed by atoms with Crippen LogP contribution < -0.4 is 4.90 Å². The van der Waals surface area contributed by atoms with Crippen molar-refractivity contribution < 1.29 is 14.4 Å². The predicted octanol–water partition coefficient (Wildman–Crippen LogP) is 3.15. The monoisotopic (exact) mass is 384 g/mol. The highest BCUT2D eigenvalue weighted by Gasteiger charge is 2.40. The van der Waals surface area contributed by atoms with Crippen LogP contribution in [-0.4, -0.2) is 39.8 Å². The molecule has 4 rings (SSSR count). The Hall–Kier alpha value is -4.13. The van der Waals surface area contributed by atoms with Gasteiger partial charge in [-0.15, -0.1) is 0 Å². The first-order valence-electron chi connectivity index (χ1n) is 8.87. The Morgan fingerprint density at radius 1 is 0.793 bits per heavy atom. The second-order valence-corrected chi connectivity index (χ2v) is 6.39. The maximum Gasteiger partial charge on any atom is 0.338 e. The standard InChI is InChI=1S/C22H16N4O3/c1-25-20(27)18(21(28)26(22(25)29)17-10-6-3-7-11-17)12-15-13-23-19(24-14-15)16-8-4-2-5-9-16/h2-14H,1H3. The summed E-state index contributed by atoms with van der Waals surface area (Å²) in [5.41, 5.74) is 1.60. The fraction of sp³-hybridized carbons (Fsp3) is 0.0455. The summed E-state index contributed by atoms with van der Waals surface area (Å²) in [4.78, 5) is 48.5. The summed E-state index contributed by atoms with van der Waals surface area (Å²) in [5, 5.41) is 0. The van der Waals surface area contributed by atoms with E-state index in [2.05, 4.69) is 9.97 Å². The topological polar surface area (TPSA) is 83.5 Å². The summed E-state index contributed by atoms with van der Waals surface area (Å²) in [6, 6.07) is 17.2. The van der Waals surface area contributed by atoms with E-state index in [-0.39, 0.29) is 5.57 Å². The third-order valence-electron chi connectivity index (χ3n) is 4.48. The number of rotatable bonds is 3. The van der Waals surface area contributed by atoms with Crippen molar-refractivity contribution >= 4 is 29.6 Å². The maximum atomic E-state index is 12.9. The maximum absolute atomic E-state index is 12.9. The van der Waals surface area contributed by atoms with Gasteiger partial charge in [0.05, 0.1) is 5.69 Å². The fourth-order valence-electron chi connectivity index (χ4n) is 2.96. The van der Waals surface area contributed by atoms with Gasteiger partial charge < -0.3 is 0 Å². The number of para-hydroxylation sites is 1. The highest BCUT2D eigenvalue weighted by molar-refractivity contribution is 6.38. The van der Waals surface area contributed by atoms with Crippen LogP contribution in [0.15, 0.2) is 78.6 Å². The summed E-state index contributed by atoms with van der Waals surface area (Å²) < 4.78 is 0. The zero-order valence-corrected chi connectivity index (χ0v) is 15.5. The lowest BCUT2D eigenvalue weighted by Crippen LogP contribution is -2.55. The molecule has 0 aliphatic carbocycles. The molecule has 7 nitrogen and oxygen atoms in total. The SMILES string of the molecule is CN1C(=O)C(=Cc2cnc(-c3ccccc3)nc2)C(=O)N(c2ccccc2)C1=O. The summed E-state index contributed by atoms with van der Waals surface area (Å²) in [7, 11) is 1.34. The normalized spacial score (nSPS) is 15.9. The summed E-state index contributed by atoms with van der Waals surface area (Å²) >= 11 is 0. The van der Waals surface area contributed by atoms with Crippen LogP contribution in [0.25, 0.3) is 17.5 Å². The molecule has 2 heterocycles. The van der Waals surface area contributed by atoms with Gasteiger partial charge >= 0.3 is 6.03 Å². The van der Waals surface area contributed by atoms with Crippen molar-refractivity contribution in [2.75, 3.05) is 11.9 Å². The zero-order valence-electron chi connectivity index (χ0n) is 15.5. The molecule has 142 valence electrons. The smallest absolute Gasteiger partial charge is 0.268 e. The van der Waals surface area contributed by atoms with Crippen LogP contribution in [-0.2, 0) is 9.59 Å². The van der Waals surface area contributed by atoms with Gasteiger partial charge in [-0.2, -0.15) is 0 Å². The van der Waals surface area contributed by atoms with Crippen molar-refractivity contribution in [1.82, 2.24) is 14.9 Å². The average molecular weight is 384 g/mol. The molecule has 0 N–H and O–H groups in total. The molecule has 4 amide bonds. The van der Waals surface area contributed by atoms with E-state index in [4.69, 9.17) is 0 Å². The molecule has 0 radical (unpaired) electrons. The van der Waals surface area contributed by atoms with Gasteiger partial charge in [-0.25, -0.2) is 19.7 Å². The number of carbonyl (C=O) groups excluding carboxylic acids is 3. The van der Waals surface area contributed by atoms with E-state index in [1.807, 2.05) is 30.3 Å². The Kier molecular flexibility index (Phi) is 4.70. The van der Waals surface area contributed by atoms with Crippen molar-refractivity contribution in [1.29, 1.82) is 0 Å². The first-order valence-corrected chi connectivity index (χ1v) is 8.87. The molecule has 0 unspecified atom stereocenters. The molecule has 1 aliphatic rings. The predicted molar refractivity (Wildman–Crippen MR) is 108 cm³/mol. The van der Waals surface area contributed by atoms with Crippen LogP contribution in [0.3, 0.4) is 0 Å². The van der Waals surface area contributed by atoms with E-state index in [9.17, 15) is 14.4 Å². The van der Waals surface area contributed by atoms with Crippen LogP contribution in [0.4, 0.5) is 10.5 Å². The number of anilines is 1. The number of likely N-dealkylation sites (N-methyl/N-ethyl adjacent to an activating group) is 1. The molecule has 1 saturated heterocycles. The fourth-order valence-corrected chi connectivity index (χ4v) is 2.96. The van der Waals surface area contributed by atoms with Crippen molar-refractivity contribution in [2.24, 2.45) is 0 Å². The van der Waals surface area contributed by atoms with E-state index < -0.39 is 17.8 Å². The quantitative estimate of drug-likeness (QED) is 0.512. The lowest BCUT2D eigenvalue weighted by Gasteiger charge is -2.31. The first kappa shape index (κ1) is 18.2. The third kappa shape index (κ3) is 3.41. The summed E-state index contributed by atoms with van der Waals surface area (Å²) in [6.45, 7) is 0. The number of imide groups is 2. The van der Waals surface area contributed by atoms with Gasteiger partial charge in [0.25, 0.3) is 11.8 Å².